The zero-order valence-electron chi connectivity index (χ0n) is 12.7. The first-order valence-corrected chi connectivity index (χ1v) is 7.56. The largest absolute Gasteiger partial charge is 0.396 e. The highest BCUT2D eigenvalue weighted by molar-refractivity contribution is 5.77. The topological polar surface area (TPSA) is 66.8 Å². The molecule has 0 spiro atoms. The van der Waals surface area contributed by atoms with Crippen molar-refractivity contribution in [1.82, 2.24) is 0 Å². The molecule has 1 aliphatic heterocycles. The molecule has 4 heteroatoms. The average Bonchev–Trinajstić information content (AvgIpc) is 2.74. The van der Waals surface area contributed by atoms with Gasteiger partial charge in [0.15, 0.2) is 0 Å². The summed E-state index contributed by atoms with van der Waals surface area (Å²) in [5.74, 6) is 0.0321. The summed E-state index contributed by atoms with van der Waals surface area (Å²) in [5.41, 5.74) is 1.08. The second-order valence-corrected chi connectivity index (χ2v) is 5.95. The molecule has 2 N–H and O–H groups in total. The van der Waals surface area contributed by atoms with Gasteiger partial charge in [-0.25, -0.2) is 0 Å². The Labute approximate surface area is 121 Å². The summed E-state index contributed by atoms with van der Waals surface area (Å²) in [4.78, 5) is 11.2. The van der Waals surface area contributed by atoms with Crippen molar-refractivity contribution < 1.29 is 19.7 Å². The Hall–Kier alpha value is -0.710. The lowest BCUT2D eigenvalue weighted by Crippen LogP contribution is -2.19. The third kappa shape index (κ3) is 5.73. The lowest BCUT2D eigenvalue weighted by molar-refractivity contribution is -0.121. The van der Waals surface area contributed by atoms with E-state index in [0.29, 0.717) is 12.8 Å². The first-order chi connectivity index (χ1) is 9.43. The van der Waals surface area contributed by atoms with Crippen LogP contribution in [0, 0.1) is 5.92 Å². The van der Waals surface area contributed by atoms with Gasteiger partial charge in [0, 0.05) is 12.5 Å². The summed E-state index contributed by atoms with van der Waals surface area (Å²) < 4.78 is 5.89. The van der Waals surface area contributed by atoms with Crippen molar-refractivity contribution in [2.24, 2.45) is 5.92 Å². The van der Waals surface area contributed by atoms with E-state index in [2.05, 4.69) is 6.58 Å². The molecule has 0 aromatic rings. The van der Waals surface area contributed by atoms with Gasteiger partial charge >= 0.3 is 0 Å². The summed E-state index contributed by atoms with van der Waals surface area (Å²) in [6, 6.07) is 0. The molecule has 4 atom stereocenters. The third-order valence-corrected chi connectivity index (χ3v) is 4.07. The van der Waals surface area contributed by atoms with Crippen LogP contribution in [0.25, 0.3) is 0 Å². The Kier molecular flexibility index (Phi) is 7.41. The van der Waals surface area contributed by atoms with E-state index in [4.69, 9.17) is 9.84 Å². The van der Waals surface area contributed by atoms with E-state index in [1.807, 2.05) is 6.92 Å². The minimum absolute atomic E-state index is 0.0148. The van der Waals surface area contributed by atoms with Crippen LogP contribution in [-0.2, 0) is 9.53 Å². The van der Waals surface area contributed by atoms with E-state index < -0.39 is 6.10 Å². The first-order valence-electron chi connectivity index (χ1n) is 7.56. The molecular formula is C16H28O4. The average molecular weight is 284 g/mol. The maximum atomic E-state index is 11.2. The summed E-state index contributed by atoms with van der Waals surface area (Å²) in [6.45, 7) is 7.64. The molecule has 0 aliphatic carbocycles. The molecule has 0 aromatic carbocycles. The second-order valence-electron chi connectivity index (χ2n) is 5.95. The summed E-state index contributed by atoms with van der Waals surface area (Å²) in [6.07, 6.45) is 4.08. The van der Waals surface area contributed by atoms with Crippen LogP contribution in [-0.4, -0.2) is 40.9 Å². The number of carbonyl (C=O) groups excluding carboxylic acids is 1. The normalized spacial score (nSPS) is 25.7. The number of hydrogen-bond acceptors (Lipinski definition) is 4. The highest BCUT2D eigenvalue weighted by Gasteiger charge is 2.28. The van der Waals surface area contributed by atoms with E-state index in [9.17, 15) is 9.90 Å². The number of ketones is 1. The van der Waals surface area contributed by atoms with Gasteiger partial charge in [0.2, 0.25) is 0 Å². The predicted molar refractivity (Wildman–Crippen MR) is 78.4 cm³/mol. The molecule has 0 saturated carbocycles. The third-order valence-electron chi connectivity index (χ3n) is 4.07. The van der Waals surface area contributed by atoms with Crippen molar-refractivity contribution in [3.8, 4) is 0 Å². The number of hydrogen-bond donors (Lipinski definition) is 2. The van der Waals surface area contributed by atoms with Crippen molar-refractivity contribution in [3.63, 3.8) is 0 Å². The van der Waals surface area contributed by atoms with Gasteiger partial charge in [0.25, 0.3) is 0 Å². The fourth-order valence-corrected chi connectivity index (χ4v) is 2.60. The van der Waals surface area contributed by atoms with Crippen LogP contribution in [0.15, 0.2) is 12.2 Å². The van der Waals surface area contributed by atoms with E-state index >= 15 is 0 Å². The summed E-state index contributed by atoms with van der Waals surface area (Å²) >= 11 is 0. The lowest BCUT2D eigenvalue weighted by Gasteiger charge is -2.17. The molecule has 1 heterocycles. The van der Waals surface area contributed by atoms with E-state index in [1.165, 1.54) is 0 Å². The Morgan fingerprint density at radius 1 is 1.50 bits per heavy atom. The predicted octanol–water partition coefficient (Wildman–Crippen LogP) is 2.23. The molecule has 1 aliphatic rings. The molecule has 116 valence electrons. The van der Waals surface area contributed by atoms with Crippen molar-refractivity contribution in [1.29, 1.82) is 0 Å². The summed E-state index contributed by atoms with van der Waals surface area (Å²) in [7, 11) is 0. The highest BCUT2D eigenvalue weighted by Crippen LogP contribution is 2.30. The molecular weight excluding hydrogens is 256 g/mol. The van der Waals surface area contributed by atoms with Crippen LogP contribution in [0.5, 0.6) is 0 Å². The SMILES string of the molecule is C=C1C[C@H](CCCO)O[C@H]1CC[C@@H](O)C[C@@H](C)C(C)=O. The fourth-order valence-electron chi connectivity index (χ4n) is 2.60. The van der Waals surface area contributed by atoms with Crippen molar-refractivity contribution in [3.05, 3.63) is 12.2 Å². The molecule has 0 radical (unpaired) electrons. The van der Waals surface area contributed by atoms with Gasteiger partial charge in [0.1, 0.15) is 5.78 Å². The first kappa shape index (κ1) is 17.3. The number of rotatable bonds is 9. The van der Waals surface area contributed by atoms with E-state index in [0.717, 1.165) is 31.3 Å². The van der Waals surface area contributed by atoms with Crippen molar-refractivity contribution >= 4 is 5.78 Å². The molecule has 0 aromatic heterocycles. The number of aliphatic hydroxyl groups excluding tert-OH is 2. The van der Waals surface area contributed by atoms with E-state index in [1.54, 1.807) is 6.92 Å². The number of Topliss-reactive ketones (excluding diaryl/α,β-unsaturated/α-hetero) is 1. The Balaban J connectivity index is 2.27. The van der Waals surface area contributed by atoms with Crippen LogP contribution in [0.1, 0.15) is 52.4 Å². The molecule has 0 unspecified atom stereocenters. The molecule has 1 saturated heterocycles. The Morgan fingerprint density at radius 2 is 2.20 bits per heavy atom. The van der Waals surface area contributed by atoms with Crippen LogP contribution >= 0.6 is 0 Å². The van der Waals surface area contributed by atoms with Gasteiger partial charge in [-0.3, -0.25) is 4.79 Å². The van der Waals surface area contributed by atoms with Crippen LogP contribution < -0.4 is 0 Å². The lowest BCUT2D eigenvalue weighted by atomic mass is 9.95. The maximum absolute atomic E-state index is 11.2. The van der Waals surface area contributed by atoms with Gasteiger partial charge in [0.05, 0.1) is 18.3 Å². The standard InChI is InChI=1S/C16H28O4/c1-11(13(3)18)9-14(19)6-7-16-12(2)10-15(20-16)5-4-8-17/h11,14-17,19H,2,4-10H2,1,3H3/t11-,14-,15+,16+/m1/s1. The minimum Gasteiger partial charge on any atom is -0.396 e. The summed E-state index contributed by atoms with van der Waals surface area (Å²) in [5, 5.41) is 18.8. The van der Waals surface area contributed by atoms with Crippen LogP contribution in [0.4, 0.5) is 0 Å². The minimum atomic E-state index is -0.457. The number of ether oxygens (including phenoxy) is 1. The van der Waals surface area contributed by atoms with Gasteiger partial charge in [-0.05, 0) is 51.0 Å². The Morgan fingerprint density at radius 3 is 2.80 bits per heavy atom. The zero-order valence-corrected chi connectivity index (χ0v) is 12.7. The second kappa shape index (κ2) is 8.55. The van der Waals surface area contributed by atoms with Gasteiger partial charge in [-0.1, -0.05) is 13.5 Å². The van der Waals surface area contributed by atoms with Gasteiger partial charge in [-0.2, -0.15) is 0 Å². The van der Waals surface area contributed by atoms with E-state index in [-0.39, 0.29) is 30.5 Å². The molecule has 1 fully saturated rings. The Bertz CT molecular complexity index is 326. The monoisotopic (exact) mass is 284 g/mol. The quantitative estimate of drug-likeness (QED) is 0.637. The van der Waals surface area contributed by atoms with Crippen LogP contribution in [0.3, 0.4) is 0 Å². The number of carbonyl (C=O) groups is 1. The fraction of sp³-hybridized carbons (Fsp3) is 0.812. The van der Waals surface area contributed by atoms with Crippen molar-refractivity contribution in [2.75, 3.05) is 6.61 Å². The molecule has 4 nitrogen and oxygen atoms in total. The smallest absolute Gasteiger partial charge is 0.132 e. The molecule has 20 heavy (non-hydrogen) atoms. The number of aliphatic hydroxyl groups is 2. The van der Waals surface area contributed by atoms with Crippen molar-refractivity contribution in [2.45, 2.75) is 70.7 Å². The highest BCUT2D eigenvalue weighted by atomic mass is 16.5. The zero-order chi connectivity index (χ0) is 15.1. The van der Waals surface area contributed by atoms with Gasteiger partial charge < -0.3 is 14.9 Å². The molecule has 0 amide bonds. The van der Waals surface area contributed by atoms with Crippen LogP contribution in [0.2, 0.25) is 0 Å². The molecule has 0 bridgehead atoms. The molecule has 1 rings (SSSR count). The maximum Gasteiger partial charge on any atom is 0.132 e. The van der Waals surface area contributed by atoms with Gasteiger partial charge in [-0.15, -0.1) is 0 Å².